The van der Waals surface area contributed by atoms with Gasteiger partial charge < -0.3 is 10.2 Å². The number of anilines is 1. The lowest BCUT2D eigenvalue weighted by molar-refractivity contribution is 0.0827. The number of pyridine rings is 1. The van der Waals surface area contributed by atoms with Gasteiger partial charge in [0.1, 0.15) is 0 Å². The van der Waals surface area contributed by atoms with Crippen LogP contribution in [0.1, 0.15) is 28.5 Å². The number of aromatic nitrogens is 1. The minimum atomic E-state index is 0.0347. The van der Waals surface area contributed by atoms with E-state index in [9.17, 15) is 4.79 Å². The Balaban J connectivity index is 1.73. The van der Waals surface area contributed by atoms with Gasteiger partial charge in [0.2, 0.25) is 0 Å². The fourth-order valence-corrected chi connectivity index (χ4v) is 3.02. The van der Waals surface area contributed by atoms with Crippen LogP contribution in [0, 0.1) is 0 Å². The molecule has 0 atom stereocenters. The number of carbonyl (C=O) groups is 1. The molecule has 4 heteroatoms. The molecule has 0 fully saturated rings. The van der Waals surface area contributed by atoms with Gasteiger partial charge in [-0.3, -0.25) is 9.78 Å². The highest BCUT2D eigenvalue weighted by molar-refractivity contribution is 5.94. The first-order chi connectivity index (χ1) is 12.6. The molecule has 0 aliphatic rings. The Kier molecular flexibility index (Phi) is 5.52. The molecule has 0 saturated carbocycles. The number of benzene rings is 2. The summed E-state index contributed by atoms with van der Waals surface area (Å²) in [6, 6.07) is 18.2. The quantitative estimate of drug-likeness (QED) is 0.728. The van der Waals surface area contributed by atoms with E-state index in [1.165, 1.54) is 0 Å². The largest absolute Gasteiger partial charge is 0.384 e. The molecule has 1 heterocycles. The van der Waals surface area contributed by atoms with Crippen molar-refractivity contribution < 1.29 is 4.79 Å². The average molecular weight is 347 g/mol. The molecular weight excluding hydrogens is 322 g/mol. The van der Waals surface area contributed by atoms with Crippen molar-refractivity contribution in [1.29, 1.82) is 0 Å². The molecule has 3 rings (SSSR count). The molecule has 26 heavy (non-hydrogen) atoms. The van der Waals surface area contributed by atoms with Crippen LogP contribution in [0.3, 0.4) is 0 Å². The fraction of sp³-hybridized carbons (Fsp3) is 0.273. The Morgan fingerprint density at radius 3 is 2.65 bits per heavy atom. The van der Waals surface area contributed by atoms with Gasteiger partial charge in [-0.05, 0) is 42.7 Å². The molecule has 134 valence electrons. The molecule has 0 radical (unpaired) electrons. The van der Waals surface area contributed by atoms with Crippen molar-refractivity contribution in [3.63, 3.8) is 0 Å². The first kappa shape index (κ1) is 17.9. The summed E-state index contributed by atoms with van der Waals surface area (Å²) in [5, 5.41) is 4.69. The van der Waals surface area contributed by atoms with Gasteiger partial charge in [-0.2, -0.15) is 0 Å². The smallest absolute Gasteiger partial charge is 0.253 e. The van der Waals surface area contributed by atoms with Crippen LogP contribution in [0.25, 0.3) is 10.9 Å². The van der Waals surface area contributed by atoms with E-state index in [0.717, 1.165) is 52.8 Å². The van der Waals surface area contributed by atoms with E-state index in [0.29, 0.717) is 0 Å². The Morgan fingerprint density at radius 1 is 1.08 bits per heavy atom. The van der Waals surface area contributed by atoms with Crippen molar-refractivity contribution in [2.45, 2.75) is 19.8 Å². The Morgan fingerprint density at radius 2 is 1.88 bits per heavy atom. The van der Waals surface area contributed by atoms with Crippen LogP contribution in [0.5, 0.6) is 0 Å². The molecular formula is C22H25N3O. The Labute approximate surface area is 154 Å². The first-order valence-electron chi connectivity index (χ1n) is 9.01. The van der Waals surface area contributed by atoms with Crippen molar-refractivity contribution in [2.75, 3.05) is 26.0 Å². The summed E-state index contributed by atoms with van der Waals surface area (Å²) >= 11 is 0. The first-order valence-corrected chi connectivity index (χ1v) is 9.01. The monoisotopic (exact) mass is 347 g/mol. The van der Waals surface area contributed by atoms with Gasteiger partial charge >= 0.3 is 0 Å². The lowest BCUT2D eigenvalue weighted by Gasteiger charge is -2.13. The van der Waals surface area contributed by atoms with Crippen molar-refractivity contribution in [3.05, 3.63) is 71.4 Å². The Bertz CT molecular complexity index is 918. The molecule has 0 unspecified atom stereocenters. The van der Waals surface area contributed by atoms with Crippen molar-refractivity contribution in [1.82, 2.24) is 9.88 Å². The van der Waals surface area contributed by atoms with E-state index in [1.54, 1.807) is 19.0 Å². The minimum absolute atomic E-state index is 0.0347. The second-order valence-corrected chi connectivity index (χ2v) is 6.61. The lowest BCUT2D eigenvalue weighted by atomic mass is 10.1. The number of hydrogen-bond acceptors (Lipinski definition) is 3. The summed E-state index contributed by atoms with van der Waals surface area (Å²) in [4.78, 5) is 18.4. The maximum Gasteiger partial charge on any atom is 0.253 e. The molecule has 1 N–H and O–H groups in total. The van der Waals surface area contributed by atoms with Crippen molar-refractivity contribution in [3.8, 4) is 0 Å². The van der Waals surface area contributed by atoms with E-state index >= 15 is 0 Å². The summed E-state index contributed by atoms with van der Waals surface area (Å²) < 4.78 is 0. The van der Waals surface area contributed by atoms with Crippen molar-refractivity contribution in [2.24, 2.45) is 0 Å². The number of nitrogens with one attached hydrogen (secondary N) is 1. The van der Waals surface area contributed by atoms with Crippen molar-refractivity contribution >= 4 is 22.5 Å². The van der Waals surface area contributed by atoms with E-state index < -0.39 is 0 Å². The zero-order chi connectivity index (χ0) is 18.5. The molecule has 0 aliphatic carbocycles. The number of amides is 1. The number of fused-ring (bicyclic) bond motifs is 1. The highest BCUT2D eigenvalue weighted by Crippen LogP contribution is 2.23. The van der Waals surface area contributed by atoms with Gasteiger partial charge in [0.15, 0.2) is 0 Å². The zero-order valence-corrected chi connectivity index (χ0v) is 15.6. The predicted molar refractivity (Wildman–Crippen MR) is 108 cm³/mol. The average Bonchev–Trinajstić information content (AvgIpc) is 2.67. The third-order valence-electron chi connectivity index (χ3n) is 4.44. The molecule has 1 amide bonds. The highest BCUT2D eigenvalue weighted by atomic mass is 16.2. The van der Waals surface area contributed by atoms with Crippen LogP contribution >= 0.6 is 0 Å². The molecule has 1 aromatic heterocycles. The second-order valence-electron chi connectivity index (χ2n) is 6.61. The SMILES string of the molecule is CCc1cc(NCCc2cccc(C(=O)N(C)C)c2)c2ccccc2n1. The number of nitrogens with zero attached hydrogens (tertiary/aromatic N) is 2. The summed E-state index contributed by atoms with van der Waals surface area (Å²) in [5.41, 5.74) is 5.11. The topological polar surface area (TPSA) is 45.2 Å². The van der Waals surface area contributed by atoms with E-state index in [2.05, 4.69) is 41.5 Å². The van der Waals surface area contributed by atoms with Gasteiger partial charge in [-0.1, -0.05) is 37.3 Å². The summed E-state index contributed by atoms with van der Waals surface area (Å²) in [5.74, 6) is 0.0347. The van der Waals surface area contributed by atoms with Gasteiger partial charge in [-0.25, -0.2) is 0 Å². The molecule has 0 saturated heterocycles. The van der Waals surface area contributed by atoms with E-state index in [4.69, 9.17) is 0 Å². The number of hydrogen-bond donors (Lipinski definition) is 1. The number of rotatable bonds is 6. The number of para-hydroxylation sites is 1. The van der Waals surface area contributed by atoms with Gasteiger partial charge in [-0.15, -0.1) is 0 Å². The molecule has 0 aliphatic heterocycles. The standard InChI is InChI=1S/C22H25N3O/c1-4-18-15-21(19-10-5-6-11-20(19)24-18)23-13-12-16-8-7-9-17(14-16)22(26)25(2)3/h5-11,14-15H,4,12-13H2,1-3H3,(H,23,24). The zero-order valence-electron chi connectivity index (χ0n) is 15.6. The van der Waals surface area contributed by atoms with Crippen LogP contribution in [-0.2, 0) is 12.8 Å². The molecule has 3 aromatic rings. The van der Waals surface area contributed by atoms with Crippen LogP contribution in [0.15, 0.2) is 54.6 Å². The maximum absolute atomic E-state index is 12.1. The maximum atomic E-state index is 12.1. The normalized spacial score (nSPS) is 10.7. The summed E-state index contributed by atoms with van der Waals surface area (Å²) in [6.07, 6.45) is 1.76. The van der Waals surface area contributed by atoms with Crippen LogP contribution in [0.4, 0.5) is 5.69 Å². The molecule has 0 spiro atoms. The van der Waals surface area contributed by atoms with E-state index in [-0.39, 0.29) is 5.91 Å². The van der Waals surface area contributed by atoms with Gasteiger partial charge in [0.05, 0.1) is 5.52 Å². The molecule has 4 nitrogen and oxygen atoms in total. The summed E-state index contributed by atoms with van der Waals surface area (Å²) in [7, 11) is 3.55. The van der Waals surface area contributed by atoms with Gasteiger partial charge in [0, 0.05) is 43.0 Å². The molecule has 2 aromatic carbocycles. The number of aryl methyl sites for hydroxylation is 1. The highest BCUT2D eigenvalue weighted by Gasteiger charge is 2.08. The minimum Gasteiger partial charge on any atom is -0.384 e. The lowest BCUT2D eigenvalue weighted by Crippen LogP contribution is -2.21. The van der Waals surface area contributed by atoms with Gasteiger partial charge in [0.25, 0.3) is 5.91 Å². The fourth-order valence-electron chi connectivity index (χ4n) is 3.02. The van der Waals surface area contributed by atoms with Crippen LogP contribution < -0.4 is 5.32 Å². The summed E-state index contributed by atoms with van der Waals surface area (Å²) in [6.45, 7) is 2.92. The Hall–Kier alpha value is -2.88. The second kappa shape index (κ2) is 8.00. The third-order valence-corrected chi connectivity index (χ3v) is 4.44. The number of carbonyl (C=O) groups excluding carboxylic acids is 1. The predicted octanol–water partition coefficient (Wildman–Crippen LogP) is 4.15. The molecule has 0 bridgehead atoms. The van der Waals surface area contributed by atoms with E-state index in [1.807, 2.05) is 30.3 Å². The van der Waals surface area contributed by atoms with Crippen LogP contribution in [-0.4, -0.2) is 36.4 Å². The third kappa shape index (κ3) is 4.02. The van der Waals surface area contributed by atoms with Crippen LogP contribution in [0.2, 0.25) is 0 Å².